The maximum absolute atomic E-state index is 2.65. The fraction of sp³-hybridized carbons (Fsp3) is 1.00. The Labute approximate surface area is 114 Å². The van der Waals surface area contributed by atoms with Gasteiger partial charge in [0.25, 0.3) is 0 Å². The van der Waals surface area contributed by atoms with Crippen molar-refractivity contribution in [1.29, 1.82) is 0 Å². The second kappa shape index (κ2) is 6.33. The Hall–Kier alpha value is -0.160. The fourth-order valence-corrected chi connectivity index (χ4v) is 3.55. The molecule has 0 bridgehead atoms. The molecule has 1 unspecified atom stereocenters. The van der Waals surface area contributed by atoms with Crippen LogP contribution in [0.5, 0.6) is 0 Å². The zero-order valence-corrected chi connectivity index (χ0v) is 13.4. The summed E-state index contributed by atoms with van der Waals surface area (Å²) >= 11 is 0. The van der Waals surface area contributed by atoms with E-state index in [-0.39, 0.29) is 5.79 Å². The quantitative estimate of drug-likeness (QED) is 0.685. The van der Waals surface area contributed by atoms with Crippen LogP contribution in [0.15, 0.2) is 0 Å². The van der Waals surface area contributed by atoms with Crippen molar-refractivity contribution < 1.29 is 0 Å². The summed E-state index contributed by atoms with van der Waals surface area (Å²) in [6.45, 7) is 4.73. The van der Waals surface area contributed by atoms with Gasteiger partial charge in [-0.1, -0.05) is 6.42 Å². The number of hydrogen-bond acceptors (Lipinski definition) is 4. The number of likely N-dealkylation sites (tertiary alicyclic amines) is 1. The van der Waals surface area contributed by atoms with Crippen molar-refractivity contribution in [2.75, 3.05) is 55.4 Å². The summed E-state index contributed by atoms with van der Waals surface area (Å²) in [6.07, 6.45) is 4.02. The summed E-state index contributed by atoms with van der Waals surface area (Å²) in [4.78, 5) is 9.74. The largest absolute Gasteiger partial charge is 0.302 e. The van der Waals surface area contributed by atoms with Crippen molar-refractivity contribution in [3.63, 3.8) is 0 Å². The summed E-state index contributed by atoms with van der Waals surface area (Å²) in [7, 11) is 13.2. The highest BCUT2D eigenvalue weighted by molar-refractivity contribution is 4.95. The molecule has 1 fully saturated rings. The van der Waals surface area contributed by atoms with Crippen molar-refractivity contribution in [2.45, 2.75) is 38.0 Å². The van der Waals surface area contributed by atoms with E-state index in [0.717, 1.165) is 0 Å². The lowest BCUT2D eigenvalue weighted by atomic mass is 10.0. The molecule has 0 aliphatic carbocycles. The summed E-state index contributed by atoms with van der Waals surface area (Å²) in [5.41, 5.74) is 0. The Morgan fingerprint density at radius 1 is 0.833 bits per heavy atom. The van der Waals surface area contributed by atoms with Gasteiger partial charge in [0, 0.05) is 13.1 Å². The molecule has 108 valence electrons. The van der Waals surface area contributed by atoms with E-state index in [4.69, 9.17) is 0 Å². The van der Waals surface area contributed by atoms with Crippen molar-refractivity contribution in [3.8, 4) is 0 Å². The number of hydrogen-bond donors (Lipinski definition) is 0. The summed E-state index contributed by atoms with van der Waals surface area (Å²) in [6, 6.07) is 0.445. The highest BCUT2D eigenvalue weighted by atomic mass is 15.6. The summed E-state index contributed by atoms with van der Waals surface area (Å²) in [5.74, 6) is -0.0239. The lowest BCUT2D eigenvalue weighted by Crippen LogP contribution is -2.74. The van der Waals surface area contributed by atoms with Crippen LogP contribution in [-0.4, -0.2) is 86.8 Å². The van der Waals surface area contributed by atoms with Gasteiger partial charge in [-0.05, 0) is 62.1 Å². The minimum Gasteiger partial charge on any atom is -0.302 e. The predicted molar refractivity (Wildman–Crippen MR) is 78.7 cm³/mol. The molecule has 4 heteroatoms. The van der Waals surface area contributed by atoms with Crippen LogP contribution in [0.4, 0.5) is 0 Å². The molecule has 0 radical (unpaired) electrons. The van der Waals surface area contributed by atoms with Crippen molar-refractivity contribution in [3.05, 3.63) is 0 Å². The summed E-state index contributed by atoms with van der Waals surface area (Å²) in [5, 5.41) is 0. The van der Waals surface area contributed by atoms with Gasteiger partial charge >= 0.3 is 0 Å². The second-order valence-electron chi connectivity index (χ2n) is 6.16. The first-order chi connectivity index (χ1) is 8.35. The highest BCUT2D eigenvalue weighted by Crippen LogP contribution is 2.30. The Morgan fingerprint density at radius 3 is 1.61 bits per heavy atom. The first kappa shape index (κ1) is 15.9. The van der Waals surface area contributed by atoms with E-state index in [1.807, 2.05) is 0 Å². The van der Waals surface area contributed by atoms with Gasteiger partial charge in [-0.25, -0.2) is 0 Å². The molecule has 1 atom stereocenters. The minimum atomic E-state index is -0.0239. The van der Waals surface area contributed by atoms with Crippen LogP contribution >= 0.6 is 0 Å². The average molecular weight is 256 g/mol. The molecular weight excluding hydrogens is 224 g/mol. The Kier molecular flexibility index (Phi) is 5.59. The zero-order chi connectivity index (χ0) is 13.9. The number of likely N-dealkylation sites (N-methyl/N-ethyl adjacent to an activating group) is 3. The Morgan fingerprint density at radius 2 is 1.28 bits per heavy atom. The fourth-order valence-electron chi connectivity index (χ4n) is 3.55. The topological polar surface area (TPSA) is 13.0 Å². The van der Waals surface area contributed by atoms with E-state index in [1.54, 1.807) is 0 Å². The van der Waals surface area contributed by atoms with Gasteiger partial charge < -0.3 is 4.90 Å². The third-order valence-electron chi connectivity index (χ3n) is 4.47. The molecule has 0 aromatic carbocycles. The Balaban J connectivity index is 3.11. The molecule has 1 saturated heterocycles. The molecule has 1 heterocycles. The first-order valence-electron chi connectivity index (χ1n) is 7.11. The van der Waals surface area contributed by atoms with E-state index in [2.05, 4.69) is 68.8 Å². The predicted octanol–water partition coefficient (Wildman–Crippen LogP) is 1.20. The van der Waals surface area contributed by atoms with Gasteiger partial charge in [0.1, 0.15) is 5.79 Å². The van der Waals surface area contributed by atoms with Crippen LogP contribution in [0.1, 0.15) is 26.2 Å². The van der Waals surface area contributed by atoms with E-state index in [9.17, 15) is 0 Å². The minimum absolute atomic E-state index is 0.0239. The maximum Gasteiger partial charge on any atom is 0.145 e. The van der Waals surface area contributed by atoms with Crippen LogP contribution in [-0.2, 0) is 0 Å². The molecule has 4 nitrogen and oxygen atoms in total. The Bertz CT molecular complexity index is 236. The molecule has 0 aromatic heterocycles. The van der Waals surface area contributed by atoms with E-state index in [1.165, 1.54) is 32.4 Å². The lowest BCUT2D eigenvalue weighted by molar-refractivity contribution is -0.174. The molecule has 0 N–H and O–H groups in total. The van der Waals surface area contributed by atoms with Crippen LogP contribution in [0.3, 0.4) is 0 Å². The molecule has 0 saturated carbocycles. The molecule has 1 aliphatic rings. The molecule has 18 heavy (non-hydrogen) atoms. The van der Waals surface area contributed by atoms with Gasteiger partial charge in [0.2, 0.25) is 0 Å². The van der Waals surface area contributed by atoms with E-state index < -0.39 is 0 Å². The van der Waals surface area contributed by atoms with Crippen molar-refractivity contribution >= 4 is 0 Å². The molecule has 0 aromatic rings. The first-order valence-corrected chi connectivity index (χ1v) is 7.11. The SMILES string of the molecule is CC(N(C)C)C(N(C)C)(N(C)C)N1CCCCC1. The van der Waals surface area contributed by atoms with Gasteiger partial charge in [0.15, 0.2) is 0 Å². The third kappa shape index (κ3) is 2.72. The van der Waals surface area contributed by atoms with E-state index >= 15 is 0 Å². The normalized spacial score (nSPS) is 21.0. The zero-order valence-electron chi connectivity index (χ0n) is 13.4. The molecule has 1 rings (SSSR count). The summed E-state index contributed by atoms with van der Waals surface area (Å²) < 4.78 is 0. The number of piperidine rings is 1. The highest BCUT2D eigenvalue weighted by Gasteiger charge is 2.47. The number of nitrogens with zero attached hydrogens (tertiary/aromatic N) is 4. The van der Waals surface area contributed by atoms with Crippen molar-refractivity contribution in [2.24, 2.45) is 0 Å². The molecule has 0 amide bonds. The van der Waals surface area contributed by atoms with Gasteiger partial charge in [0.05, 0.1) is 6.04 Å². The molecular formula is C14H32N4. The third-order valence-corrected chi connectivity index (χ3v) is 4.47. The van der Waals surface area contributed by atoms with Crippen LogP contribution < -0.4 is 0 Å². The monoisotopic (exact) mass is 256 g/mol. The lowest BCUT2D eigenvalue weighted by Gasteiger charge is -2.57. The van der Waals surface area contributed by atoms with E-state index in [0.29, 0.717) is 6.04 Å². The van der Waals surface area contributed by atoms with Gasteiger partial charge in [-0.15, -0.1) is 0 Å². The second-order valence-corrected chi connectivity index (χ2v) is 6.16. The van der Waals surface area contributed by atoms with Crippen LogP contribution in [0, 0.1) is 0 Å². The average Bonchev–Trinajstić information content (AvgIpc) is 2.30. The van der Waals surface area contributed by atoms with Gasteiger partial charge in [-0.2, -0.15) is 0 Å². The van der Waals surface area contributed by atoms with Crippen LogP contribution in [0.2, 0.25) is 0 Å². The smallest absolute Gasteiger partial charge is 0.145 e. The standard InChI is InChI=1S/C14H32N4/c1-13(15(2)3)14(16(4)5,17(6)7)18-11-9-8-10-12-18/h13H,8-12H2,1-7H3. The molecule has 0 spiro atoms. The van der Waals surface area contributed by atoms with Crippen LogP contribution in [0.25, 0.3) is 0 Å². The molecule has 1 aliphatic heterocycles. The van der Waals surface area contributed by atoms with Gasteiger partial charge in [-0.3, -0.25) is 14.7 Å². The van der Waals surface area contributed by atoms with Crippen molar-refractivity contribution in [1.82, 2.24) is 19.6 Å². The maximum atomic E-state index is 2.65. The number of rotatable bonds is 5.